The number of carboxylic acid groups (broad SMARTS) is 1. The van der Waals surface area contributed by atoms with E-state index in [2.05, 4.69) is 5.32 Å². The summed E-state index contributed by atoms with van der Waals surface area (Å²) in [5, 5.41) is 11.7. The molecule has 0 saturated heterocycles. The largest absolute Gasteiger partial charge is 0.480 e. The molecule has 0 aromatic carbocycles. The molecule has 4 N–H and O–H groups in total. The highest BCUT2D eigenvalue weighted by molar-refractivity contribution is 5.73. The van der Waals surface area contributed by atoms with E-state index in [9.17, 15) is 4.79 Å². The van der Waals surface area contributed by atoms with Crippen LogP contribution in [0.1, 0.15) is 25.7 Å². The van der Waals surface area contributed by atoms with Crippen LogP contribution in [-0.4, -0.2) is 30.2 Å². The van der Waals surface area contributed by atoms with E-state index in [0.29, 0.717) is 0 Å². The van der Waals surface area contributed by atoms with Crippen molar-refractivity contribution in [1.29, 1.82) is 0 Å². The van der Waals surface area contributed by atoms with Crippen LogP contribution in [0.3, 0.4) is 0 Å². The van der Waals surface area contributed by atoms with Gasteiger partial charge in [-0.2, -0.15) is 0 Å². The minimum absolute atomic E-state index is 0.252. The molecule has 4 nitrogen and oxygen atoms in total. The Labute approximate surface area is 78.5 Å². The molecule has 1 fully saturated rings. The molecule has 0 spiro atoms. The molecule has 0 aliphatic heterocycles. The van der Waals surface area contributed by atoms with Crippen LogP contribution in [0.15, 0.2) is 0 Å². The quantitative estimate of drug-likeness (QED) is 0.587. The van der Waals surface area contributed by atoms with E-state index < -0.39 is 12.0 Å². The van der Waals surface area contributed by atoms with Gasteiger partial charge in [0.15, 0.2) is 0 Å². The van der Waals surface area contributed by atoms with Crippen molar-refractivity contribution in [3.63, 3.8) is 0 Å². The number of hydrogen-bond donors (Lipinski definition) is 3. The molecule has 0 unspecified atom stereocenters. The predicted molar refractivity (Wildman–Crippen MR) is 50.4 cm³/mol. The number of rotatable bonds is 3. The number of nitrogens with one attached hydrogen (secondary N) is 1. The Morgan fingerprint density at radius 2 is 2.00 bits per heavy atom. The van der Waals surface area contributed by atoms with E-state index >= 15 is 0 Å². The molecule has 1 rings (SSSR count). The highest BCUT2D eigenvalue weighted by Gasteiger charge is 2.29. The zero-order valence-electron chi connectivity index (χ0n) is 7.99. The fourth-order valence-corrected chi connectivity index (χ4v) is 2.04. The van der Waals surface area contributed by atoms with E-state index in [1.165, 1.54) is 0 Å². The fourth-order valence-electron chi connectivity index (χ4n) is 2.04. The Balaban J connectivity index is 2.46. The summed E-state index contributed by atoms with van der Waals surface area (Å²) in [5.74, 6) is -0.495. The number of carboxylic acids is 1. The number of likely N-dealkylation sites (N-methyl/N-ethyl adjacent to an activating group) is 1. The van der Waals surface area contributed by atoms with Crippen molar-refractivity contribution in [2.45, 2.75) is 37.8 Å². The van der Waals surface area contributed by atoms with Crippen molar-refractivity contribution in [2.24, 2.45) is 11.7 Å². The first-order valence-electron chi connectivity index (χ1n) is 4.80. The van der Waals surface area contributed by atoms with Crippen molar-refractivity contribution < 1.29 is 9.90 Å². The molecule has 13 heavy (non-hydrogen) atoms. The van der Waals surface area contributed by atoms with Gasteiger partial charge in [-0.15, -0.1) is 0 Å². The zero-order chi connectivity index (χ0) is 9.84. The van der Waals surface area contributed by atoms with Crippen molar-refractivity contribution in [1.82, 2.24) is 5.32 Å². The van der Waals surface area contributed by atoms with Gasteiger partial charge in [0.2, 0.25) is 0 Å². The summed E-state index contributed by atoms with van der Waals surface area (Å²) in [6.07, 6.45) is 3.77. The summed E-state index contributed by atoms with van der Waals surface area (Å²) in [6, 6.07) is -0.116. The molecule has 1 aliphatic rings. The first kappa shape index (κ1) is 10.5. The molecule has 1 atom stereocenters. The number of nitrogens with two attached hydrogens (primary N) is 1. The monoisotopic (exact) mass is 186 g/mol. The Bertz CT molecular complexity index is 176. The maximum absolute atomic E-state index is 10.8. The Morgan fingerprint density at radius 1 is 1.46 bits per heavy atom. The average Bonchev–Trinajstić information content (AvgIpc) is 2.09. The van der Waals surface area contributed by atoms with Gasteiger partial charge in [0.25, 0.3) is 0 Å². The molecule has 0 aromatic heterocycles. The first-order chi connectivity index (χ1) is 6.15. The molecule has 1 aliphatic carbocycles. The maximum atomic E-state index is 10.8. The van der Waals surface area contributed by atoms with Crippen LogP contribution in [0.25, 0.3) is 0 Å². The van der Waals surface area contributed by atoms with Crippen molar-refractivity contribution in [3.8, 4) is 0 Å². The third kappa shape index (κ3) is 2.67. The number of carbonyl (C=O) groups is 1. The van der Waals surface area contributed by atoms with Gasteiger partial charge in [0, 0.05) is 6.04 Å². The lowest BCUT2D eigenvalue weighted by Crippen LogP contribution is -2.43. The van der Waals surface area contributed by atoms with Gasteiger partial charge in [-0.25, -0.2) is 0 Å². The van der Waals surface area contributed by atoms with Crippen molar-refractivity contribution >= 4 is 5.97 Å². The van der Waals surface area contributed by atoms with Crippen LogP contribution >= 0.6 is 0 Å². The van der Waals surface area contributed by atoms with E-state index in [0.717, 1.165) is 25.7 Å². The molecular weight excluding hydrogens is 168 g/mol. The molecule has 0 aromatic rings. The fraction of sp³-hybridized carbons (Fsp3) is 0.889. The van der Waals surface area contributed by atoms with Crippen molar-refractivity contribution in [2.75, 3.05) is 7.05 Å². The van der Waals surface area contributed by atoms with Gasteiger partial charge in [-0.05, 0) is 38.6 Å². The molecule has 0 bridgehead atoms. The minimum atomic E-state index is -0.747. The highest BCUT2D eigenvalue weighted by atomic mass is 16.4. The SMILES string of the molecule is CN[C@H](C(=O)O)C1CCC(N)CC1. The maximum Gasteiger partial charge on any atom is 0.320 e. The summed E-state index contributed by atoms with van der Waals surface area (Å²) in [7, 11) is 1.70. The zero-order valence-corrected chi connectivity index (χ0v) is 7.99. The highest BCUT2D eigenvalue weighted by Crippen LogP contribution is 2.25. The van der Waals surface area contributed by atoms with Gasteiger partial charge < -0.3 is 16.2 Å². The first-order valence-corrected chi connectivity index (χ1v) is 4.80. The van der Waals surface area contributed by atoms with Gasteiger partial charge in [0.05, 0.1) is 0 Å². The third-order valence-electron chi connectivity index (χ3n) is 2.86. The molecular formula is C9H18N2O2. The summed E-state index contributed by atoms with van der Waals surface area (Å²) in [4.78, 5) is 10.8. The van der Waals surface area contributed by atoms with Crippen molar-refractivity contribution in [3.05, 3.63) is 0 Å². The second-order valence-corrected chi connectivity index (χ2v) is 3.78. The van der Waals surface area contributed by atoms with E-state index in [4.69, 9.17) is 10.8 Å². The molecule has 0 heterocycles. The van der Waals surface area contributed by atoms with E-state index in [1.54, 1.807) is 7.05 Å². The van der Waals surface area contributed by atoms with Gasteiger partial charge in [-0.1, -0.05) is 0 Å². The topological polar surface area (TPSA) is 75.3 Å². The molecule has 0 amide bonds. The Kier molecular flexibility index (Phi) is 3.69. The number of aliphatic carboxylic acids is 1. The van der Waals surface area contributed by atoms with Crippen LogP contribution in [0.4, 0.5) is 0 Å². The predicted octanol–water partition coefficient (Wildman–Crippen LogP) is 0.177. The van der Waals surface area contributed by atoms with Crippen LogP contribution in [0.2, 0.25) is 0 Å². The smallest absolute Gasteiger partial charge is 0.320 e. The second-order valence-electron chi connectivity index (χ2n) is 3.78. The van der Waals surface area contributed by atoms with Crippen LogP contribution < -0.4 is 11.1 Å². The molecule has 4 heteroatoms. The van der Waals surface area contributed by atoms with E-state index in [1.807, 2.05) is 0 Å². The average molecular weight is 186 g/mol. The third-order valence-corrected chi connectivity index (χ3v) is 2.86. The van der Waals surface area contributed by atoms with Gasteiger partial charge >= 0.3 is 5.97 Å². The summed E-state index contributed by atoms with van der Waals surface area (Å²) in [5.41, 5.74) is 5.75. The van der Waals surface area contributed by atoms with Crippen LogP contribution in [0.5, 0.6) is 0 Å². The minimum Gasteiger partial charge on any atom is -0.480 e. The summed E-state index contributed by atoms with van der Waals surface area (Å²) in [6.45, 7) is 0. The standard InChI is InChI=1S/C9H18N2O2/c1-11-8(9(12)13)6-2-4-7(10)5-3-6/h6-8,11H,2-5,10H2,1H3,(H,12,13)/t6?,7?,8-/m0/s1. The lowest BCUT2D eigenvalue weighted by molar-refractivity contribution is -0.141. The lowest BCUT2D eigenvalue weighted by Gasteiger charge is -2.30. The summed E-state index contributed by atoms with van der Waals surface area (Å²) < 4.78 is 0. The van der Waals surface area contributed by atoms with E-state index in [-0.39, 0.29) is 12.0 Å². The second kappa shape index (κ2) is 4.58. The van der Waals surface area contributed by atoms with Crippen LogP contribution in [-0.2, 0) is 4.79 Å². The lowest BCUT2D eigenvalue weighted by atomic mass is 9.82. The Morgan fingerprint density at radius 3 is 2.38 bits per heavy atom. The molecule has 0 radical (unpaired) electrons. The normalized spacial score (nSPS) is 31.2. The van der Waals surface area contributed by atoms with Gasteiger partial charge in [0.1, 0.15) is 6.04 Å². The summed E-state index contributed by atoms with van der Waals surface area (Å²) >= 11 is 0. The molecule has 76 valence electrons. The Hall–Kier alpha value is -0.610. The number of hydrogen-bond acceptors (Lipinski definition) is 3. The van der Waals surface area contributed by atoms with Gasteiger partial charge in [-0.3, -0.25) is 4.79 Å². The molecule has 1 saturated carbocycles. The van der Waals surface area contributed by atoms with Crippen LogP contribution in [0, 0.1) is 5.92 Å².